The molecule has 1 N–H and O–H groups in total. The van der Waals surface area contributed by atoms with Crippen LogP contribution >= 0.6 is 11.6 Å². The van der Waals surface area contributed by atoms with E-state index in [1.165, 1.54) is 0 Å². The van der Waals surface area contributed by atoms with Crippen molar-refractivity contribution in [1.82, 2.24) is 5.32 Å². The number of hydrogen-bond acceptors (Lipinski definition) is 1. The second-order valence-electron chi connectivity index (χ2n) is 4.28. The second-order valence-corrected chi connectivity index (χ2v) is 4.59. The summed E-state index contributed by atoms with van der Waals surface area (Å²) in [5.74, 6) is -1.08. The van der Waals surface area contributed by atoms with Crippen LogP contribution in [0.5, 0.6) is 0 Å². The lowest BCUT2D eigenvalue weighted by atomic mass is 10.1. The van der Waals surface area contributed by atoms with Gasteiger partial charge in [0, 0.05) is 18.5 Å². The van der Waals surface area contributed by atoms with Crippen molar-refractivity contribution >= 4 is 17.5 Å². The van der Waals surface area contributed by atoms with Crippen LogP contribution in [-0.2, 0) is 0 Å². The van der Waals surface area contributed by atoms with Crippen LogP contribution in [0.2, 0.25) is 0 Å². The monoisotopic (exact) mass is 275 g/mol. The average molecular weight is 276 g/mol. The molecule has 0 aliphatic carbocycles. The van der Waals surface area contributed by atoms with Crippen molar-refractivity contribution in [2.75, 3.05) is 12.4 Å². The fourth-order valence-corrected chi connectivity index (χ4v) is 1.65. The molecular weight excluding hydrogens is 260 g/mol. The van der Waals surface area contributed by atoms with E-state index in [-0.39, 0.29) is 5.56 Å². The molecule has 0 heterocycles. The normalized spacial score (nSPS) is 12.2. The standard InChI is InChI=1S/C13H16ClF2NO/c1-9(8-14)3-2-6-17-13(18)11-5-4-10(15)7-12(11)16/h4-5,7,9H,2-3,6,8H2,1H3,(H,17,18). The second kappa shape index (κ2) is 7.31. The third kappa shape index (κ3) is 4.61. The molecule has 0 radical (unpaired) electrons. The molecule has 2 nitrogen and oxygen atoms in total. The van der Waals surface area contributed by atoms with Gasteiger partial charge in [-0.2, -0.15) is 0 Å². The van der Waals surface area contributed by atoms with E-state index in [0.717, 1.165) is 25.0 Å². The zero-order valence-corrected chi connectivity index (χ0v) is 10.9. The highest BCUT2D eigenvalue weighted by Crippen LogP contribution is 2.10. The number of alkyl halides is 1. The summed E-state index contributed by atoms with van der Waals surface area (Å²) in [7, 11) is 0. The zero-order chi connectivity index (χ0) is 13.5. The van der Waals surface area contributed by atoms with Gasteiger partial charge < -0.3 is 5.32 Å². The number of nitrogens with one attached hydrogen (secondary N) is 1. The Morgan fingerprint density at radius 2 is 2.17 bits per heavy atom. The van der Waals surface area contributed by atoms with Crippen molar-refractivity contribution in [1.29, 1.82) is 0 Å². The predicted molar refractivity (Wildman–Crippen MR) is 67.8 cm³/mol. The molecule has 0 saturated carbocycles. The largest absolute Gasteiger partial charge is 0.352 e. The molecule has 1 atom stereocenters. The van der Waals surface area contributed by atoms with Gasteiger partial charge in [-0.3, -0.25) is 4.79 Å². The Bertz CT molecular complexity index is 412. The Morgan fingerprint density at radius 3 is 2.78 bits per heavy atom. The van der Waals surface area contributed by atoms with Crippen LogP contribution in [0.3, 0.4) is 0 Å². The van der Waals surface area contributed by atoms with Crippen LogP contribution in [0.15, 0.2) is 18.2 Å². The lowest BCUT2D eigenvalue weighted by molar-refractivity contribution is 0.0948. The van der Waals surface area contributed by atoms with Gasteiger partial charge in [-0.1, -0.05) is 6.92 Å². The van der Waals surface area contributed by atoms with Crippen LogP contribution in [-0.4, -0.2) is 18.3 Å². The fourth-order valence-electron chi connectivity index (χ4n) is 1.50. The van der Waals surface area contributed by atoms with Crippen LogP contribution < -0.4 is 5.32 Å². The summed E-state index contributed by atoms with van der Waals surface area (Å²) in [4.78, 5) is 11.6. The smallest absolute Gasteiger partial charge is 0.254 e. The highest BCUT2D eigenvalue weighted by molar-refractivity contribution is 6.18. The van der Waals surface area contributed by atoms with Gasteiger partial charge in [0.2, 0.25) is 0 Å². The number of amides is 1. The molecule has 1 aromatic rings. The van der Waals surface area contributed by atoms with Gasteiger partial charge >= 0.3 is 0 Å². The number of halogens is 3. The van der Waals surface area contributed by atoms with Crippen LogP contribution in [0.25, 0.3) is 0 Å². The first kappa shape index (κ1) is 14.9. The van der Waals surface area contributed by atoms with Gasteiger partial charge in [-0.25, -0.2) is 8.78 Å². The number of benzene rings is 1. The minimum atomic E-state index is -0.846. The molecule has 0 spiro atoms. The third-order valence-corrected chi connectivity index (χ3v) is 3.13. The van der Waals surface area contributed by atoms with E-state index >= 15 is 0 Å². The molecule has 100 valence electrons. The van der Waals surface area contributed by atoms with Crippen molar-refractivity contribution in [3.05, 3.63) is 35.4 Å². The average Bonchev–Trinajstić information content (AvgIpc) is 2.34. The highest BCUT2D eigenvalue weighted by Gasteiger charge is 2.11. The summed E-state index contributed by atoms with van der Waals surface area (Å²) >= 11 is 5.65. The minimum Gasteiger partial charge on any atom is -0.352 e. The number of carbonyl (C=O) groups is 1. The Hall–Kier alpha value is -1.16. The van der Waals surface area contributed by atoms with Crippen molar-refractivity contribution in [3.63, 3.8) is 0 Å². The molecule has 1 rings (SSSR count). The first-order valence-corrected chi connectivity index (χ1v) is 6.37. The van der Waals surface area contributed by atoms with Gasteiger partial charge in [-0.15, -0.1) is 11.6 Å². The number of rotatable bonds is 6. The molecular formula is C13H16ClF2NO. The van der Waals surface area contributed by atoms with E-state index in [9.17, 15) is 13.6 Å². The van der Waals surface area contributed by atoms with Crippen molar-refractivity contribution in [2.45, 2.75) is 19.8 Å². The van der Waals surface area contributed by atoms with E-state index < -0.39 is 17.5 Å². The molecule has 1 aromatic carbocycles. The first-order chi connectivity index (χ1) is 8.54. The highest BCUT2D eigenvalue weighted by atomic mass is 35.5. The van der Waals surface area contributed by atoms with Crippen LogP contribution in [0.4, 0.5) is 8.78 Å². The Balaban J connectivity index is 2.41. The SMILES string of the molecule is CC(CCl)CCCNC(=O)c1ccc(F)cc1F. The maximum Gasteiger partial charge on any atom is 0.254 e. The Morgan fingerprint density at radius 1 is 1.44 bits per heavy atom. The van der Waals surface area contributed by atoms with Gasteiger partial charge in [0.1, 0.15) is 11.6 Å². The Labute approximate surface area is 110 Å². The first-order valence-electron chi connectivity index (χ1n) is 5.83. The van der Waals surface area contributed by atoms with Crippen LogP contribution in [0.1, 0.15) is 30.1 Å². The van der Waals surface area contributed by atoms with E-state index in [2.05, 4.69) is 5.32 Å². The lowest BCUT2D eigenvalue weighted by Gasteiger charge is -2.08. The minimum absolute atomic E-state index is 0.137. The molecule has 0 aromatic heterocycles. The van der Waals surface area contributed by atoms with Crippen molar-refractivity contribution < 1.29 is 13.6 Å². The van der Waals surface area contributed by atoms with Gasteiger partial charge in [-0.05, 0) is 30.9 Å². The zero-order valence-electron chi connectivity index (χ0n) is 10.2. The summed E-state index contributed by atoms with van der Waals surface area (Å²) < 4.78 is 25.9. The van der Waals surface area contributed by atoms with E-state index in [1.54, 1.807) is 0 Å². The van der Waals surface area contributed by atoms with Gasteiger partial charge in [0.05, 0.1) is 5.56 Å². The summed E-state index contributed by atoms with van der Waals surface area (Å²) in [6, 6.07) is 2.90. The molecule has 5 heteroatoms. The molecule has 0 fully saturated rings. The molecule has 0 aliphatic rings. The van der Waals surface area contributed by atoms with E-state index in [4.69, 9.17) is 11.6 Å². The molecule has 0 aliphatic heterocycles. The topological polar surface area (TPSA) is 29.1 Å². The van der Waals surface area contributed by atoms with Crippen LogP contribution in [0, 0.1) is 17.6 Å². The molecule has 1 amide bonds. The molecule has 0 saturated heterocycles. The van der Waals surface area contributed by atoms with Crippen molar-refractivity contribution in [2.24, 2.45) is 5.92 Å². The quantitative estimate of drug-likeness (QED) is 0.626. The fraction of sp³-hybridized carbons (Fsp3) is 0.462. The Kier molecular flexibility index (Phi) is 6.05. The summed E-state index contributed by atoms with van der Waals surface area (Å²) in [6.07, 6.45) is 1.68. The lowest BCUT2D eigenvalue weighted by Crippen LogP contribution is -2.25. The summed E-state index contributed by atoms with van der Waals surface area (Å²) in [5, 5.41) is 2.59. The van der Waals surface area contributed by atoms with E-state index in [1.807, 2.05) is 6.92 Å². The summed E-state index contributed by atoms with van der Waals surface area (Å²) in [5.41, 5.74) is -0.137. The molecule has 18 heavy (non-hydrogen) atoms. The van der Waals surface area contributed by atoms with E-state index in [0.29, 0.717) is 24.4 Å². The predicted octanol–water partition coefficient (Wildman–Crippen LogP) is 3.35. The maximum absolute atomic E-state index is 13.3. The van der Waals surface area contributed by atoms with Gasteiger partial charge in [0.15, 0.2) is 0 Å². The molecule has 0 bridgehead atoms. The maximum atomic E-state index is 13.3. The van der Waals surface area contributed by atoms with Gasteiger partial charge in [0.25, 0.3) is 5.91 Å². The third-order valence-electron chi connectivity index (χ3n) is 2.60. The molecule has 1 unspecified atom stereocenters. The summed E-state index contributed by atoms with van der Waals surface area (Å²) in [6.45, 7) is 2.48. The number of hydrogen-bond donors (Lipinski definition) is 1. The number of carbonyl (C=O) groups excluding carboxylic acids is 1. The van der Waals surface area contributed by atoms with Crippen molar-refractivity contribution in [3.8, 4) is 0 Å².